The molecule has 3 aromatic carbocycles. The number of esters is 1. The van der Waals surface area contributed by atoms with Crippen LogP contribution in [-0.2, 0) is 17.7 Å². The van der Waals surface area contributed by atoms with Gasteiger partial charge in [-0.1, -0.05) is 86.0 Å². The molecule has 0 radical (unpaired) electrons. The number of nitrogens with one attached hydrogen (secondary N) is 1. The van der Waals surface area contributed by atoms with Crippen molar-refractivity contribution in [3.63, 3.8) is 0 Å². The fraction of sp³-hybridized carbons (Fsp3) is 0.410. The van der Waals surface area contributed by atoms with Crippen LogP contribution >= 0.6 is 11.6 Å². The first-order chi connectivity index (χ1) is 23.0. The number of allylic oxidation sites excluding steroid dienone is 3. The Bertz CT molecular complexity index is 1730. The summed E-state index contributed by atoms with van der Waals surface area (Å²) in [6, 6.07) is 18.4. The van der Waals surface area contributed by atoms with Gasteiger partial charge >= 0.3 is 5.97 Å². The Hall–Kier alpha value is -3.78. The molecule has 0 unspecified atom stereocenters. The van der Waals surface area contributed by atoms with Gasteiger partial charge in [-0.15, -0.1) is 0 Å². The summed E-state index contributed by atoms with van der Waals surface area (Å²) in [4.78, 5) is 13.9. The van der Waals surface area contributed by atoms with Gasteiger partial charge in [-0.05, 0) is 80.6 Å². The molecule has 0 bridgehead atoms. The number of nitrogens with zero attached hydrogens (tertiary/aromatic N) is 2. The number of carbonyl (C=O) groups is 1. The third-order valence-electron chi connectivity index (χ3n) is 8.98. The highest BCUT2D eigenvalue weighted by molar-refractivity contribution is 6.33. The van der Waals surface area contributed by atoms with Gasteiger partial charge in [0.05, 0.1) is 23.8 Å². The summed E-state index contributed by atoms with van der Waals surface area (Å²) in [5, 5.41) is 9.17. The molecule has 0 spiro atoms. The first-order valence-electron chi connectivity index (χ1n) is 17.1. The van der Waals surface area contributed by atoms with Crippen molar-refractivity contribution in [2.24, 2.45) is 5.84 Å². The van der Waals surface area contributed by atoms with Crippen molar-refractivity contribution < 1.29 is 14.3 Å². The molecule has 0 amide bonds. The minimum Gasteiger partial charge on any atom is -0.493 e. The number of benzene rings is 3. The van der Waals surface area contributed by atoms with Gasteiger partial charge in [0, 0.05) is 42.2 Å². The van der Waals surface area contributed by atoms with Gasteiger partial charge < -0.3 is 24.4 Å². The number of aryl methyl sites for hydroxylation is 1. The van der Waals surface area contributed by atoms with E-state index in [1.807, 2.05) is 44.3 Å². The number of hydrogen-bond acceptors (Lipinski definition) is 6. The minimum absolute atomic E-state index is 0.292. The van der Waals surface area contributed by atoms with Crippen LogP contribution in [-0.4, -0.2) is 48.9 Å². The topological polar surface area (TPSA) is 81.8 Å². The van der Waals surface area contributed by atoms with Gasteiger partial charge in [0.15, 0.2) is 0 Å². The maximum absolute atomic E-state index is 13.9. The summed E-state index contributed by atoms with van der Waals surface area (Å²) >= 11 is 7.16. The maximum Gasteiger partial charge on any atom is 0.355 e. The minimum atomic E-state index is -0.322. The van der Waals surface area contributed by atoms with Crippen molar-refractivity contribution in [2.75, 3.05) is 33.4 Å². The number of aromatic nitrogens is 1. The third kappa shape index (κ3) is 8.03. The monoisotopic (exact) mass is 656 g/mol. The summed E-state index contributed by atoms with van der Waals surface area (Å²) in [5.41, 5.74) is 5.66. The SMILES string of the molecule is CCOC(=O)c1c(CCCOc2cccc3ccccc23)c2ccc(Cl)c3c2n1CC=CCNCCCCCC/C3=C(/CC)N(C)N. The smallest absolute Gasteiger partial charge is 0.355 e. The molecule has 0 atom stereocenters. The Labute approximate surface area is 284 Å². The summed E-state index contributed by atoms with van der Waals surface area (Å²) < 4.78 is 14.2. The lowest BCUT2D eigenvalue weighted by Crippen LogP contribution is -2.26. The highest BCUT2D eigenvalue weighted by Gasteiger charge is 2.28. The quantitative estimate of drug-likeness (QED) is 0.0617. The van der Waals surface area contributed by atoms with Crippen LogP contribution in [0.4, 0.5) is 0 Å². The number of hydrogen-bond donors (Lipinski definition) is 2. The predicted octanol–water partition coefficient (Wildman–Crippen LogP) is 8.67. The van der Waals surface area contributed by atoms with Crippen LogP contribution < -0.4 is 15.9 Å². The van der Waals surface area contributed by atoms with E-state index in [1.54, 1.807) is 5.01 Å². The predicted molar refractivity (Wildman–Crippen MR) is 195 cm³/mol. The van der Waals surface area contributed by atoms with Crippen LogP contribution in [0.5, 0.6) is 5.75 Å². The maximum atomic E-state index is 13.9. The molecule has 0 fully saturated rings. The van der Waals surface area contributed by atoms with Gasteiger partial charge in [0.25, 0.3) is 0 Å². The highest BCUT2D eigenvalue weighted by Crippen LogP contribution is 2.41. The number of nitrogens with two attached hydrogens (primary N) is 1. The molecule has 1 aliphatic rings. The fourth-order valence-electron chi connectivity index (χ4n) is 6.84. The second kappa shape index (κ2) is 16.9. The summed E-state index contributed by atoms with van der Waals surface area (Å²) in [5.74, 6) is 7.01. The van der Waals surface area contributed by atoms with Crippen LogP contribution in [0.2, 0.25) is 5.02 Å². The molecule has 0 aliphatic carbocycles. The molecule has 2 heterocycles. The molecule has 3 N–H and O–H groups in total. The van der Waals surface area contributed by atoms with Gasteiger partial charge in [0.2, 0.25) is 0 Å². The van der Waals surface area contributed by atoms with E-state index in [2.05, 4.69) is 53.2 Å². The molecular weight excluding hydrogens is 608 g/mol. The zero-order valence-electron chi connectivity index (χ0n) is 28.1. The third-order valence-corrected chi connectivity index (χ3v) is 9.30. The Balaban J connectivity index is 1.63. The van der Waals surface area contributed by atoms with Crippen LogP contribution in [0, 0.1) is 0 Å². The van der Waals surface area contributed by atoms with Gasteiger partial charge in [-0.25, -0.2) is 10.6 Å². The van der Waals surface area contributed by atoms with E-state index >= 15 is 0 Å². The average Bonchev–Trinajstić information content (AvgIpc) is 3.37. The molecule has 7 nitrogen and oxygen atoms in total. The number of carbonyl (C=O) groups excluding carboxylic acids is 1. The Morgan fingerprint density at radius 2 is 1.81 bits per heavy atom. The van der Waals surface area contributed by atoms with Crippen LogP contribution in [0.1, 0.15) is 80.4 Å². The molecule has 0 saturated carbocycles. The number of rotatable bonds is 9. The van der Waals surface area contributed by atoms with Gasteiger partial charge in [-0.2, -0.15) is 0 Å². The number of halogens is 1. The van der Waals surface area contributed by atoms with Crippen molar-refractivity contribution in [1.82, 2.24) is 14.9 Å². The fourth-order valence-corrected chi connectivity index (χ4v) is 7.11. The molecule has 1 aliphatic heterocycles. The zero-order valence-corrected chi connectivity index (χ0v) is 28.9. The number of ether oxygens (including phenoxy) is 2. The standard InChI is InChI=1S/C39H49ClN4O3/c1-4-34(43(3)41)32-19-8-6-7-11-24-42-25-12-13-26-44-37-31(22-23-33(40)36(32)37)30(38(44)39(45)46-5-2)20-15-27-47-35-21-14-17-28-16-9-10-18-29(28)35/h9-10,12-14,16-18,21-23,42H,4-8,11,15,19-20,24-27,41H2,1-3H3/b13-12?,34-32+. The van der Waals surface area contributed by atoms with Crippen LogP contribution in [0.3, 0.4) is 0 Å². The summed E-state index contributed by atoms with van der Waals surface area (Å²) in [6.45, 7) is 7.07. The first kappa shape index (κ1) is 34.6. The van der Waals surface area contributed by atoms with E-state index in [1.165, 1.54) is 0 Å². The Morgan fingerprint density at radius 3 is 2.62 bits per heavy atom. The molecule has 5 rings (SSSR count). The number of fused-ring (bicyclic) bond motifs is 1. The lowest BCUT2D eigenvalue weighted by Gasteiger charge is -2.23. The largest absolute Gasteiger partial charge is 0.493 e. The number of hydrazine groups is 1. The van der Waals surface area contributed by atoms with Crippen molar-refractivity contribution in [3.05, 3.63) is 94.3 Å². The normalized spacial score (nSPS) is 15.7. The molecule has 8 heteroatoms. The van der Waals surface area contributed by atoms with Crippen LogP contribution in [0.15, 0.2) is 72.4 Å². The van der Waals surface area contributed by atoms with Crippen molar-refractivity contribution in [2.45, 2.75) is 71.8 Å². The summed E-state index contributed by atoms with van der Waals surface area (Å²) in [6.07, 6.45) is 11.7. The molecule has 47 heavy (non-hydrogen) atoms. The average molecular weight is 657 g/mol. The molecule has 0 saturated heterocycles. The van der Waals surface area contributed by atoms with E-state index in [9.17, 15) is 4.79 Å². The van der Waals surface area contributed by atoms with E-state index in [0.717, 1.165) is 108 Å². The molecule has 4 aromatic rings. The first-order valence-corrected chi connectivity index (χ1v) is 17.5. The second-order valence-corrected chi connectivity index (χ2v) is 12.5. The molecular formula is C39H49ClN4O3. The van der Waals surface area contributed by atoms with Crippen LogP contribution in [0.25, 0.3) is 27.2 Å². The van der Waals surface area contributed by atoms with Crippen molar-refractivity contribution >= 4 is 44.8 Å². The Morgan fingerprint density at radius 1 is 1.00 bits per heavy atom. The van der Waals surface area contributed by atoms with Gasteiger partial charge in [-0.3, -0.25) is 0 Å². The Kier molecular flexibility index (Phi) is 12.4. The zero-order chi connectivity index (χ0) is 33.2. The highest BCUT2D eigenvalue weighted by atomic mass is 35.5. The lowest BCUT2D eigenvalue weighted by atomic mass is 9.93. The molecule has 1 aromatic heterocycles. The van der Waals surface area contributed by atoms with E-state index in [0.29, 0.717) is 36.9 Å². The molecule has 250 valence electrons. The van der Waals surface area contributed by atoms with E-state index < -0.39 is 0 Å². The van der Waals surface area contributed by atoms with E-state index in [4.69, 9.17) is 26.9 Å². The second-order valence-electron chi connectivity index (χ2n) is 12.1. The van der Waals surface area contributed by atoms with Crippen molar-refractivity contribution in [3.8, 4) is 5.75 Å². The lowest BCUT2D eigenvalue weighted by molar-refractivity contribution is 0.0513. The van der Waals surface area contributed by atoms with Crippen molar-refractivity contribution in [1.29, 1.82) is 0 Å². The van der Waals surface area contributed by atoms with E-state index in [-0.39, 0.29) is 5.97 Å². The summed E-state index contributed by atoms with van der Waals surface area (Å²) in [7, 11) is 1.90. The van der Waals surface area contributed by atoms with Gasteiger partial charge in [0.1, 0.15) is 11.4 Å².